The fourth-order valence-electron chi connectivity index (χ4n) is 1.39. The van der Waals surface area contributed by atoms with Crippen molar-refractivity contribution in [3.63, 3.8) is 0 Å². The number of esters is 1. The summed E-state index contributed by atoms with van der Waals surface area (Å²) in [4.78, 5) is 11.6. The van der Waals surface area contributed by atoms with Crippen LogP contribution in [0.5, 0.6) is 0 Å². The molecule has 0 aromatic heterocycles. The lowest BCUT2D eigenvalue weighted by atomic mass is 10.0. The largest absolute Gasteiger partial charge is 0.463 e. The number of nitrogens with two attached hydrogens (primary N) is 1. The van der Waals surface area contributed by atoms with Gasteiger partial charge < -0.3 is 10.5 Å². The van der Waals surface area contributed by atoms with Gasteiger partial charge in [0.1, 0.15) is 0 Å². The molecule has 0 aliphatic carbocycles. The number of carbonyl (C=O) groups excluding carboxylic acids is 1. The molecule has 0 saturated heterocycles. The first-order valence-corrected chi connectivity index (χ1v) is 5.31. The predicted octanol–water partition coefficient (Wildman–Crippen LogP) is 2.02. The highest BCUT2D eigenvalue weighted by molar-refractivity contribution is 5.89. The van der Waals surface area contributed by atoms with Crippen LogP contribution in [0.15, 0.2) is 41.6 Å². The lowest BCUT2D eigenvalue weighted by molar-refractivity contribution is -0.138. The first-order chi connectivity index (χ1) is 7.65. The molecule has 1 aromatic rings. The molecular weight excluding hydrogens is 202 g/mol. The summed E-state index contributed by atoms with van der Waals surface area (Å²) >= 11 is 0. The second kappa shape index (κ2) is 5.95. The van der Waals surface area contributed by atoms with Crippen molar-refractivity contribution in [3.05, 3.63) is 47.2 Å². The van der Waals surface area contributed by atoms with Gasteiger partial charge in [-0.1, -0.05) is 30.3 Å². The molecule has 3 nitrogen and oxygen atoms in total. The zero-order valence-corrected chi connectivity index (χ0v) is 9.69. The fraction of sp³-hybridized carbons (Fsp3) is 0.308. The van der Waals surface area contributed by atoms with Crippen molar-refractivity contribution < 1.29 is 9.53 Å². The van der Waals surface area contributed by atoms with Crippen LogP contribution >= 0.6 is 0 Å². The van der Waals surface area contributed by atoms with Crippen molar-refractivity contribution >= 4 is 5.97 Å². The van der Waals surface area contributed by atoms with E-state index in [1.807, 2.05) is 30.3 Å². The third-order valence-corrected chi connectivity index (χ3v) is 2.22. The van der Waals surface area contributed by atoms with E-state index in [9.17, 15) is 4.79 Å². The lowest BCUT2D eigenvalue weighted by Gasteiger charge is -2.08. The molecule has 86 valence electrons. The summed E-state index contributed by atoms with van der Waals surface area (Å²) in [7, 11) is 0. The summed E-state index contributed by atoms with van der Waals surface area (Å²) in [5, 5.41) is 0. The summed E-state index contributed by atoms with van der Waals surface area (Å²) < 4.78 is 4.96. The Morgan fingerprint density at radius 1 is 1.31 bits per heavy atom. The monoisotopic (exact) mass is 219 g/mol. The van der Waals surface area contributed by atoms with Crippen molar-refractivity contribution in [1.82, 2.24) is 0 Å². The van der Waals surface area contributed by atoms with E-state index in [2.05, 4.69) is 0 Å². The fourth-order valence-corrected chi connectivity index (χ4v) is 1.39. The molecule has 1 aromatic carbocycles. The van der Waals surface area contributed by atoms with Gasteiger partial charge in [-0.15, -0.1) is 0 Å². The van der Waals surface area contributed by atoms with E-state index in [0.29, 0.717) is 24.3 Å². The molecule has 0 heterocycles. The summed E-state index contributed by atoms with van der Waals surface area (Å²) in [5.41, 5.74) is 7.80. The molecule has 1 rings (SSSR count). The normalized spacial score (nSPS) is 11.9. The maximum absolute atomic E-state index is 11.6. The first kappa shape index (κ1) is 12.3. The predicted molar refractivity (Wildman–Crippen MR) is 63.7 cm³/mol. The Hall–Kier alpha value is -1.77. The van der Waals surface area contributed by atoms with Crippen LogP contribution in [-0.2, 0) is 16.0 Å². The molecule has 0 aliphatic heterocycles. The minimum absolute atomic E-state index is 0.327. The summed E-state index contributed by atoms with van der Waals surface area (Å²) in [6.45, 7) is 3.86. The standard InChI is InChI=1S/C13H17NO2/c1-3-16-13(15)12(10(2)14)9-11-7-5-4-6-8-11/h4-8H,3,9,14H2,1-2H3/b12-10-. The Kier molecular flexibility index (Phi) is 4.58. The molecule has 0 saturated carbocycles. The number of hydrogen-bond donors (Lipinski definition) is 1. The van der Waals surface area contributed by atoms with Crippen molar-refractivity contribution in [2.45, 2.75) is 20.3 Å². The van der Waals surface area contributed by atoms with Gasteiger partial charge in [0, 0.05) is 12.1 Å². The van der Waals surface area contributed by atoms with Crippen molar-refractivity contribution in [2.24, 2.45) is 5.73 Å². The minimum atomic E-state index is -0.327. The molecule has 16 heavy (non-hydrogen) atoms. The average Bonchev–Trinajstić information content (AvgIpc) is 2.27. The van der Waals surface area contributed by atoms with Crippen LogP contribution in [-0.4, -0.2) is 12.6 Å². The van der Waals surface area contributed by atoms with Gasteiger partial charge in [0.15, 0.2) is 0 Å². The molecule has 0 atom stereocenters. The molecule has 0 radical (unpaired) electrons. The minimum Gasteiger partial charge on any atom is -0.463 e. The van der Waals surface area contributed by atoms with E-state index in [-0.39, 0.29) is 5.97 Å². The topological polar surface area (TPSA) is 52.3 Å². The lowest BCUT2D eigenvalue weighted by Crippen LogP contribution is -2.14. The van der Waals surface area contributed by atoms with Gasteiger partial charge in [0.05, 0.1) is 12.2 Å². The number of benzene rings is 1. The maximum atomic E-state index is 11.6. The van der Waals surface area contributed by atoms with Gasteiger partial charge in [0.2, 0.25) is 0 Å². The van der Waals surface area contributed by atoms with Crippen LogP contribution in [0.1, 0.15) is 19.4 Å². The molecule has 3 heteroatoms. The molecule has 0 amide bonds. The van der Waals surface area contributed by atoms with E-state index in [1.54, 1.807) is 13.8 Å². The Bertz CT molecular complexity index is 378. The Morgan fingerprint density at radius 2 is 1.94 bits per heavy atom. The van der Waals surface area contributed by atoms with E-state index in [1.165, 1.54) is 0 Å². The van der Waals surface area contributed by atoms with Crippen LogP contribution < -0.4 is 5.73 Å². The zero-order valence-electron chi connectivity index (χ0n) is 9.69. The quantitative estimate of drug-likeness (QED) is 0.622. The first-order valence-electron chi connectivity index (χ1n) is 5.31. The van der Waals surface area contributed by atoms with Crippen molar-refractivity contribution in [2.75, 3.05) is 6.61 Å². The highest BCUT2D eigenvalue weighted by Crippen LogP contribution is 2.11. The van der Waals surface area contributed by atoms with Crippen molar-refractivity contribution in [1.29, 1.82) is 0 Å². The third-order valence-electron chi connectivity index (χ3n) is 2.22. The summed E-state index contributed by atoms with van der Waals surface area (Å²) in [6.07, 6.45) is 0.516. The number of ether oxygens (including phenoxy) is 1. The molecule has 2 N–H and O–H groups in total. The Labute approximate surface area is 95.9 Å². The third kappa shape index (κ3) is 3.42. The summed E-state index contributed by atoms with van der Waals surface area (Å²) in [6, 6.07) is 9.73. The second-order valence-electron chi connectivity index (χ2n) is 3.54. The van der Waals surface area contributed by atoms with E-state index < -0.39 is 0 Å². The highest BCUT2D eigenvalue weighted by atomic mass is 16.5. The molecule has 0 bridgehead atoms. The number of hydrogen-bond acceptors (Lipinski definition) is 3. The van der Waals surface area contributed by atoms with Gasteiger partial charge in [-0.25, -0.2) is 4.79 Å². The number of carbonyl (C=O) groups is 1. The maximum Gasteiger partial charge on any atom is 0.336 e. The molecular formula is C13H17NO2. The van der Waals surface area contributed by atoms with Gasteiger partial charge in [-0.05, 0) is 19.4 Å². The van der Waals surface area contributed by atoms with Crippen LogP contribution in [0.2, 0.25) is 0 Å². The smallest absolute Gasteiger partial charge is 0.336 e. The molecule has 0 spiro atoms. The van der Waals surface area contributed by atoms with E-state index in [0.717, 1.165) is 5.56 Å². The van der Waals surface area contributed by atoms with Gasteiger partial charge >= 0.3 is 5.97 Å². The van der Waals surface area contributed by atoms with Gasteiger partial charge in [-0.2, -0.15) is 0 Å². The summed E-state index contributed by atoms with van der Waals surface area (Å²) in [5.74, 6) is -0.327. The molecule has 0 aliphatic rings. The molecule has 0 unspecified atom stereocenters. The zero-order chi connectivity index (χ0) is 12.0. The van der Waals surface area contributed by atoms with E-state index >= 15 is 0 Å². The van der Waals surface area contributed by atoms with Gasteiger partial charge in [0.25, 0.3) is 0 Å². The van der Waals surface area contributed by atoms with Crippen molar-refractivity contribution in [3.8, 4) is 0 Å². The Morgan fingerprint density at radius 3 is 2.44 bits per heavy atom. The van der Waals surface area contributed by atoms with Crippen LogP contribution in [0, 0.1) is 0 Å². The Balaban J connectivity index is 2.83. The number of allylic oxidation sites excluding steroid dienone is 1. The molecule has 0 fully saturated rings. The highest BCUT2D eigenvalue weighted by Gasteiger charge is 2.13. The van der Waals surface area contributed by atoms with Crippen LogP contribution in [0.4, 0.5) is 0 Å². The number of rotatable bonds is 4. The van der Waals surface area contributed by atoms with E-state index in [4.69, 9.17) is 10.5 Å². The van der Waals surface area contributed by atoms with Crippen LogP contribution in [0.25, 0.3) is 0 Å². The average molecular weight is 219 g/mol. The van der Waals surface area contributed by atoms with Gasteiger partial charge in [-0.3, -0.25) is 0 Å². The second-order valence-corrected chi connectivity index (χ2v) is 3.54. The SMILES string of the molecule is CCOC(=O)/C(Cc1ccccc1)=C(/C)N. The van der Waals surface area contributed by atoms with Crippen LogP contribution in [0.3, 0.4) is 0 Å².